The van der Waals surface area contributed by atoms with E-state index in [2.05, 4.69) is 11.7 Å². The molecular weight excluding hydrogens is 388 g/mol. The van der Waals surface area contributed by atoms with Crippen LogP contribution in [0.5, 0.6) is 0 Å². The van der Waals surface area contributed by atoms with Crippen LogP contribution in [0.25, 0.3) is 0 Å². The number of rotatable bonds is 19. The number of nitrogens with zero attached hydrogens (tertiary/aromatic N) is 1. The lowest BCUT2D eigenvalue weighted by molar-refractivity contribution is -0.158. The molecule has 180 valence electrons. The molecule has 0 aromatic heterocycles. The van der Waals surface area contributed by atoms with Crippen LogP contribution in [-0.2, 0) is 14.3 Å². The van der Waals surface area contributed by atoms with E-state index in [9.17, 15) is 9.59 Å². The summed E-state index contributed by atoms with van der Waals surface area (Å²) in [6.07, 6.45) is 13.9. The van der Waals surface area contributed by atoms with Crippen LogP contribution in [0.4, 0.5) is 0 Å². The number of aliphatic hydroxyl groups excluding tert-OH is 3. The monoisotopic (exact) mass is 434 g/mol. The molecule has 0 amide bonds. The van der Waals surface area contributed by atoms with Gasteiger partial charge in [-0.1, -0.05) is 71.1 Å². The predicted molar refractivity (Wildman–Crippen MR) is 119 cm³/mol. The number of esters is 2. The molecule has 0 saturated carbocycles. The van der Waals surface area contributed by atoms with Crippen molar-refractivity contribution in [3.8, 4) is 0 Å². The Kier molecular flexibility index (Phi) is 27.0. The van der Waals surface area contributed by atoms with Gasteiger partial charge < -0.3 is 25.8 Å². The Morgan fingerprint density at radius 2 is 1.10 bits per heavy atom. The Hall–Kier alpha value is -1.06. The van der Waals surface area contributed by atoms with E-state index in [1.807, 2.05) is 0 Å². The van der Waals surface area contributed by atoms with Crippen molar-refractivity contribution in [2.24, 2.45) is 5.73 Å². The summed E-state index contributed by atoms with van der Waals surface area (Å²) >= 11 is 0. The van der Waals surface area contributed by atoms with Gasteiger partial charge in [0, 0.05) is 26.1 Å². The van der Waals surface area contributed by atoms with E-state index < -0.39 is 11.9 Å². The maximum Gasteiger partial charge on any atom is 0.327 e. The largest absolute Gasteiger partial charge is 0.395 e. The van der Waals surface area contributed by atoms with E-state index in [1.165, 1.54) is 51.4 Å². The highest BCUT2D eigenvalue weighted by atomic mass is 16.6. The zero-order chi connectivity index (χ0) is 22.9. The van der Waals surface area contributed by atoms with Crippen LogP contribution in [0, 0.1) is 0 Å². The second-order valence-corrected chi connectivity index (χ2v) is 7.35. The van der Waals surface area contributed by atoms with Crippen LogP contribution < -0.4 is 5.73 Å². The quantitative estimate of drug-likeness (QED) is 0.138. The normalized spacial score (nSPS) is 10.6. The van der Waals surface area contributed by atoms with Crippen molar-refractivity contribution in [3.05, 3.63) is 0 Å². The average molecular weight is 435 g/mol. The first-order valence-electron chi connectivity index (χ1n) is 11.5. The van der Waals surface area contributed by atoms with Gasteiger partial charge in [-0.05, 0) is 6.42 Å². The number of hydrogen-bond acceptors (Lipinski definition) is 8. The van der Waals surface area contributed by atoms with Gasteiger partial charge in [0.25, 0.3) is 0 Å². The molecule has 0 fully saturated rings. The number of aliphatic hydroxyl groups is 3. The minimum Gasteiger partial charge on any atom is -0.395 e. The molecule has 0 saturated heterocycles. The third-order valence-corrected chi connectivity index (χ3v) is 4.63. The molecule has 0 aromatic carbocycles. The van der Waals surface area contributed by atoms with E-state index in [1.54, 1.807) is 4.90 Å². The van der Waals surface area contributed by atoms with Crippen LogP contribution in [0.1, 0.15) is 84.0 Å². The standard InChI is InChI=1S/C16H31NO3.C6H15NO3/c1-2-3-4-5-6-7-8-9-10-11-12-13-15(18)20-16(19)14-17;8-4-1-7(2-5-9)3-6-10/h2-14,17H2,1H3;8-10H,1-6H2. The summed E-state index contributed by atoms with van der Waals surface area (Å²) in [4.78, 5) is 23.7. The number of ether oxygens (including phenoxy) is 1. The summed E-state index contributed by atoms with van der Waals surface area (Å²) in [7, 11) is 0. The average Bonchev–Trinajstić information content (AvgIpc) is 2.73. The van der Waals surface area contributed by atoms with E-state index in [0.29, 0.717) is 26.1 Å². The van der Waals surface area contributed by atoms with Gasteiger partial charge in [0.05, 0.1) is 26.4 Å². The predicted octanol–water partition coefficient (Wildman–Crippen LogP) is 1.98. The molecule has 0 aliphatic rings. The van der Waals surface area contributed by atoms with Crippen molar-refractivity contribution in [2.75, 3.05) is 46.0 Å². The summed E-state index contributed by atoms with van der Waals surface area (Å²) in [5, 5.41) is 25.5. The van der Waals surface area contributed by atoms with Crippen molar-refractivity contribution < 1.29 is 29.6 Å². The highest BCUT2D eigenvalue weighted by Gasteiger charge is 2.07. The van der Waals surface area contributed by atoms with Crippen LogP contribution in [-0.4, -0.2) is 78.2 Å². The van der Waals surface area contributed by atoms with Crippen LogP contribution in [0.3, 0.4) is 0 Å². The van der Waals surface area contributed by atoms with Gasteiger partial charge in [0.2, 0.25) is 0 Å². The summed E-state index contributed by atoms with van der Waals surface area (Å²) in [6.45, 7) is 3.76. The van der Waals surface area contributed by atoms with Gasteiger partial charge in [-0.15, -0.1) is 0 Å². The number of carbonyl (C=O) groups excluding carboxylic acids is 2. The fourth-order valence-electron chi connectivity index (χ4n) is 2.91. The first kappa shape index (κ1) is 31.1. The minimum absolute atomic E-state index is 0.0694. The second-order valence-electron chi connectivity index (χ2n) is 7.35. The van der Waals surface area contributed by atoms with E-state index >= 15 is 0 Å². The smallest absolute Gasteiger partial charge is 0.327 e. The summed E-state index contributed by atoms with van der Waals surface area (Å²) in [5.74, 6) is -1.09. The summed E-state index contributed by atoms with van der Waals surface area (Å²) in [5.41, 5.74) is 5.05. The molecule has 0 aliphatic heterocycles. The van der Waals surface area contributed by atoms with Crippen molar-refractivity contribution in [3.63, 3.8) is 0 Å². The lowest BCUT2D eigenvalue weighted by atomic mass is 10.1. The van der Waals surface area contributed by atoms with Crippen molar-refractivity contribution in [1.29, 1.82) is 0 Å². The summed E-state index contributed by atoms with van der Waals surface area (Å²) in [6, 6.07) is 0. The van der Waals surface area contributed by atoms with E-state index in [-0.39, 0.29) is 26.4 Å². The van der Waals surface area contributed by atoms with Crippen LogP contribution >= 0.6 is 0 Å². The third kappa shape index (κ3) is 25.0. The maximum atomic E-state index is 11.2. The third-order valence-electron chi connectivity index (χ3n) is 4.63. The Morgan fingerprint density at radius 3 is 1.47 bits per heavy atom. The molecule has 8 nitrogen and oxygen atoms in total. The van der Waals surface area contributed by atoms with Crippen molar-refractivity contribution in [2.45, 2.75) is 84.0 Å². The molecule has 0 heterocycles. The number of carbonyl (C=O) groups is 2. The topological polar surface area (TPSA) is 133 Å². The molecule has 0 rings (SSSR count). The minimum atomic E-state index is -0.641. The van der Waals surface area contributed by atoms with Gasteiger partial charge in [-0.2, -0.15) is 0 Å². The molecule has 0 atom stereocenters. The lowest BCUT2D eigenvalue weighted by Gasteiger charge is -2.17. The number of unbranched alkanes of at least 4 members (excludes halogenated alkanes) is 10. The van der Waals surface area contributed by atoms with E-state index in [0.717, 1.165) is 19.3 Å². The first-order valence-corrected chi connectivity index (χ1v) is 11.5. The fraction of sp³-hybridized carbons (Fsp3) is 0.909. The zero-order valence-corrected chi connectivity index (χ0v) is 19.0. The highest BCUT2D eigenvalue weighted by molar-refractivity contribution is 5.86. The Labute approximate surface area is 182 Å². The van der Waals surface area contributed by atoms with Gasteiger partial charge in [0.1, 0.15) is 0 Å². The number of hydrogen-bond donors (Lipinski definition) is 4. The molecule has 8 heteroatoms. The van der Waals surface area contributed by atoms with Crippen LogP contribution in [0.2, 0.25) is 0 Å². The van der Waals surface area contributed by atoms with Crippen molar-refractivity contribution >= 4 is 11.9 Å². The molecule has 0 aliphatic carbocycles. The number of nitrogens with two attached hydrogens (primary N) is 1. The molecule has 30 heavy (non-hydrogen) atoms. The Balaban J connectivity index is 0. The maximum absolute atomic E-state index is 11.2. The van der Waals surface area contributed by atoms with Gasteiger partial charge in [-0.3, -0.25) is 14.5 Å². The Morgan fingerprint density at radius 1 is 0.700 bits per heavy atom. The zero-order valence-electron chi connectivity index (χ0n) is 19.0. The lowest BCUT2D eigenvalue weighted by Crippen LogP contribution is -2.32. The molecule has 0 radical (unpaired) electrons. The molecule has 5 N–H and O–H groups in total. The highest BCUT2D eigenvalue weighted by Crippen LogP contribution is 2.12. The van der Waals surface area contributed by atoms with Gasteiger partial charge in [-0.25, -0.2) is 0 Å². The molecule has 0 spiro atoms. The van der Waals surface area contributed by atoms with Gasteiger partial charge in [0.15, 0.2) is 0 Å². The summed E-state index contributed by atoms with van der Waals surface area (Å²) < 4.78 is 4.49. The SMILES string of the molecule is CCCCCCCCCCCCCC(=O)OC(=O)CN.OCCN(CCO)CCO. The Bertz CT molecular complexity index is 368. The molecule has 0 unspecified atom stereocenters. The molecule has 0 bridgehead atoms. The van der Waals surface area contributed by atoms with E-state index in [4.69, 9.17) is 21.1 Å². The van der Waals surface area contributed by atoms with Crippen molar-refractivity contribution in [1.82, 2.24) is 4.90 Å². The van der Waals surface area contributed by atoms with Crippen LogP contribution in [0.15, 0.2) is 0 Å². The molecular formula is C22H46N2O6. The first-order chi connectivity index (χ1) is 14.5. The fourth-order valence-corrected chi connectivity index (χ4v) is 2.91. The second kappa shape index (κ2) is 26.0. The van der Waals surface area contributed by atoms with Gasteiger partial charge >= 0.3 is 11.9 Å². The molecule has 0 aromatic rings.